The maximum atomic E-state index is 12.7. The van der Waals surface area contributed by atoms with Gasteiger partial charge in [0.15, 0.2) is 0 Å². The molecular weight excluding hydrogens is 168 g/mol. The Labute approximate surface area is 66.7 Å². The van der Waals surface area contributed by atoms with Gasteiger partial charge >= 0.3 is 11.9 Å². The number of hydrogen-bond acceptors (Lipinski definition) is 2. The maximum Gasteiger partial charge on any atom is 0.379 e. The Hall–Kier alpha value is -1.52. The Morgan fingerprint density at radius 2 is 1.92 bits per heavy atom. The van der Waals surface area contributed by atoms with Crippen molar-refractivity contribution in [1.29, 1.82) is 0 Å². The fourth-order valence-corrected chi connectivity index (χ4v) is 0.685. The van der Waals surface area contributed by atoms with Crippen LogP contribution in [0.5, 0.6) is 0 Å². The molecule has 0 atom stereocenters. The maximum absolute atomic E-state index is 12.7. The molecule has 0 fully saturated rings. The van der Waals surface area contributed by atoms with Crippen LogP contribution >= 0.6 is 0 Å². The number of rotatable bonds is 2. The molecule has 1 aromatic heterocycles. The molecule has 0 unspecified atom stereocenters. The predicted molar refractivity (Wildman–Crippen MR) is 35.8 cm³/mol. The van der Waals surface area contributed by atoms with Crippen LogP contribution in [0.25, 0.3) is 0 Å². The van der Waals surface area contributed by atoms with E-state index >= 15 is 0 Å². The third kappa shape index (κ3) is 1.39. The van der Waals surface area contributed by atoms with Crippen molar-refractivity contribution in [1.82, 2.24) is 4.98 Å². The first-order chi connectivity index (χ1) is 5.55. The van der Waals surface area contributed by atoms with Gasteiger partial charge in [0.05, 0.1) is 0 Å². The molecule has 1 aromatic rings. The molecule has 1 N–H and O–H groups in total. The van der Waals surface area contributed by atoms with E-state index in [0.29, 0.717) is 0 Å². The SMILES string of the molecule is O=C(O)C(F)(F)c1ccncc1. The van der Waals surface area contributed by atoms with Gasteiger partial charge < -0.3 is 5.11 Å². The summed E-state index contributed by atoms with van der Waals surface area (Å²) in [5, 5.41) is 8.12. The van der Waals surface area contributed by atoms with Gasteiger partial charge in [0.2, 0.25) is 0 Å². The van der Waals surface area contributed by atoms with Crippen molar-refractivity contribution in [3.8, 4) is 0 Å². The molecule has 0 amide bonds. The first-order valence-corrected chi connectivity index (χ1v) is 3.07. The van der Waals surface area contributed by atoms with Gasteiger partial charge in [0.1, 0.15) is 0 Å². The summed E-state index contributed by atoms with van der Waals surface area (Å²) < 4.78 is 25.3. The minimum atomic E-state index is -3.83. The molecule has 0 aromatic carbocycles. The van der Waals surface area contributed by atoms with Gasteiger partial charge in [-0.1, -0.05) is 0 Å². The molecular formula is C7H5F2NO2. The Kier molecular flexibility index (Phi) is 2.03. The molecule has 0 aliphatic carbocycles. The Balaban J connectivity index is 3.06. The first kappa shape index (κ1) is 8.58. The van der Waals surface area contributed by atoms with Crippen LogP contribution in [0.2, 0.25) is 0 Å². The number of nitrogens with zero attached hydrogens (tertiary/aromatic N) is 1. The number of alkyl halides is 2. The van der Waals surface area contributed by atoms with Crippen LogP contribution in [0.3, 0.4) is 0 Å². The van der Waals surface area contributed by atoms with Crippen molar-refractivity contribution in [3.05, 3.63) is 30.1 Å². The van der Waals surface area contributed by atoms with Crippen molar-refractivity contribution < 1.29 is 18.7 Å². The van der Waals surface area contributed by atoms with Crippen LogP contribution in [0.4, 0.5) is 8.78 Å². The number of halogens is 2. The second-order valence-electron chi connectivity index (χ2n) is 2.12. The van der Waals surface area contributed by atoms with Crippen molar-refractivity contribution >= 4 is 5.97 Å². The van der Waals surface area contributed by atoms with Gasteiger partial charge in [-0.3, -0.25) is 4.98 Å². The van der Waals surface area contributed by atoms with Gasteiger partial charge in [-0.15, -0.1) is 0 Å². The topological polar surface area (TPSA) is 50.2 Å². The molecule has 1 heterocycles. The summed E-state index contributed by atoms with van der Waals surface area (Å²) in [5.41, 5.74) is -0.565. The molecule has 0 spiro atoms. The second-order valence-corrected chi connectivity index (χ2v) is 2.12. The fourth-order valence-electron chi connectivity index (χ4n) is 0.685. The van der Waals surface area contributed by atoms with E-state index in [1.165, 1.54) is 0 Å². The summed E-state index contributed by atoms with van der Waals surface area (Å²) >= 11 is 0. The average molecular weight is 173 g/mol. The van der Waals surface area contributed by atoms with Gasteiger partial charge in [0.25, 0.3) is 0 Å². The lowest BCUT2D eigenvalue weighted by atomic mass is 10.1. The number of hydrogen-bond donors (Lipinski definition) is 1. The lowest BCUT2D eigenvalue weighted by molar-refractivity contribution is -0.166. The molecule has 0 aliphatic rings. The molecule has 0 saturated heterocycles. The number of pyridine rings is 1. The van der Waals surface area contributed by atoms with Crippen LogP contribution in [-0.2, 0) is 10.7 Å². The predicted octanol–water partition coefficient (Wildman–Crippen LogP) is 1.26. The van der Waals surface area contributed by atoms with Crippen LogP contribution in [-0.4, -0.2) is 16.1 Å². The molecule has 64 valence electrons. The third-order valence-electron chi connectivity index (χ3n) is 1.31. The third-order valence-corrected chi connectivity index (χ3v) is 1.31. The zero-order valence-electron chi connectivity index (χ0n) is 5.87. The molecule has 12 heavy (non-hydrogen) atoms. The van der Waals surface area contributed by atoms with Crippen molar-refractivity contribution in [2.45, 2.75) is 5.92 Å². The Morgan fingerprint density at radius 3 is 2.33 bits per heavy atom. The minimum absolute atomic E-state index is 0.565. The van der Waals surface area contributed by atoms with Crippen LogP contribution in [0.1, 0.15) is 5.56 Å². The summed E-state index contributed by atoms with van der Waals surface area (Å²) in [6.45, 7) is 0. The Bertz CT molecular complexity index is 287. The van der Waals surface area contributed by atoms with Crippen LogP contribution in [0.15, 0.2) is 24.5 Å². The van der Waals surface area contributed by atoms with E-state index in [1.54, 1.807) is 0 Å². The molecule has 0 bridgehead atoms. The number of carbonyl (C=O) groups is 1. The normalized spacial score (nSPS) is 11.2. The fraction of sp³-hybridized carbons (Fsp3) is 0.143. The first-order valence-electron chi connectivity index (χ1n) is 3.07. The number of carboxylic acid groups (broad SMARTS) is 1. The molecule has 0 saturated carbocycles. The van der Waals surface area contributed by atoms with E-state index in [9.17, 15) is 13.6 Å². The summed E-state index contributed by atoms with van der Waals surface area (Å²) in [7, 11) is 0. The zero-order valence-corrected chi connectivity index (χ0v) is 5.87. The lowest BCUT2D eigenvalue weighted by Crippen LogP contribution is -2.25. The standard InChI is InChI=1S/C7H5F2NO2/c8-7(9,6(11)12)5-1-3-10-4-2-5/h1-4H,(H,11,12). The molecule has 0 aliphatic heterocycles. The highest BCUT2D eigenvalue weighted by Crippen LogP contribution is 2.26. The molecule has 3 nitrogen and oxygen atoms in total. The number of aliphatic carboxylic acids is 1. The second kappa shape index (κ2) is 2.84. The van der Waals surface area contributed by atoms with Crippen LogP contribution < -0.4 is 0 Å². The van der Waals surface area contributed by atoms with E-state index in [4.69, 9.17) is 5.11 Å². The van der Waals surface area contributed by atoms with E-state index in [0.717, 1.165) is 24.5 Å². The highest BCUT2D eigenvalue weighted by atomic mass is 19.3. The average Bonchev–Trinajstić information content (AvgIpc) is 2.06. The van der Waals surface area contributed by atoms with Gasteiger partial charge in [-0.2, -0.15) is 8.78 Å². The number of carboxylic acids is 1. The quantitative estimate of drug-likeness (QED) is 0.732. The van der Waals surface area contributed by atoms with Gasteiger partial charge in [0, 0.05) is 18.0 Å². The molecule has 5 heteroatoms. The molecule has 0 radical (unpaired) electrons. The lowest BCUT2D eigenvalue weighted by Gasteiger charge is -2.09. The summed E-state index contributed by atoms with van der Waals surface area (Å²) in [4.78, 5) is 13.5. The monoisotopic (exact) mass is 173 g/mol. The summed E-state index contributed by atoms with van der Waals surface area (Å²) in [6, 6.07) is 1.93. The Morgan fingerprint density at radius 1 is 1.42 bits per heavy atom. The number of aromatic nitrogens is 1. The van der Waals surface area contributed by atoms with Crippen LogP contribution in [0, 0.1) is 0 Å². The van der Waals surface area contributed by atoms with Gasteiger partial charge in [-0.05, 0) is 12.1 Å². The highest BCUT2D eigenvalue weighted by Gasteiger charge is 2.40. The smallest absolute Gasteiger partial charge is 0.379 e. The van der Waals surface area contributed by atoms with Crippen molar-refractivity contribution in [3.63, 3.8) is 0 Å². The van der Waals surface area contributed by atoms with E-state index in [-0.39, 0.29) is 0 Å². The van der Waals surface area contributed by atoms with E-state index in [2.05, 4.69) is 4.98 Å². The highest BCUT2D eigenvalue weighted by molar-refractivity contribution is 5.77. The van der Waals surface area contributed by atoms with Crippen molar-refractivity contribution in [2.24, 2.45) is 0 Å². The van der Waals surface area contributed by atoms with Gasteiger partial charge in [-0.25, -0.2) is 4.79 Å². The summed E-state index contributed by atoms with van der Waals surface area (Å²) in [5.74, 6) is -5.99. The summed E-state index contributed by atoms with van der Waals surface area (Å²) in [6.07, 6.45) is 2.23. The zero-order chi connectivity index (χ0) is 9.19. The van der Waals surface area contributed by atoms with Crippen molar-refractivity contribution in [2.75, 3.05) is 0 Å². The van der Waals surface area contributed by atoms with E-state index in [1.807, 2.05) is 0 Å². The molecule has 1 rings (SSSR count). The minimum Gasteiger partial charge on any atom is -0.477 e. The largest absolute Gasteiger partial charge is 0.477 e. The van der Waals surface area contributed by atoms with E-state index < -0.39 is 17.5 Å².